The molecule has 0 saturated heterocycles. The molecule has 4 aromatic rings. The summed E-state index contributed by atoms with van der Waals surface area (Å²) in [6, 6.07) is 8.90. The van der Waals surface area contributed by atoms with E-state index >= 15 is 0 Å². The molecule has 0 fully saturated rings. The monoisotopic (exact) mass is 441 g/mol. The molecule has 5 rings (SSSR count). The van der Waals surface area contributed by atoms with Crippen molar-refractivity contribution in [2.75, 3.05) is 13.4 Å². The highest BCUT2D eigenvalue weighted by Crippen LogP contribution is 2.37. The first-order valence-electron chi connectivity index (χ1n) is 9.13. The maximum absolute atomic E-state index is 12.9. The molecule has 1 aliphatic heterocycles. The fourth-order valence-corrected chi connectivity index (χ4v) is 4.93. The van der Waals surface area contributed by atoms with E-state index in [0.717, 1.165) is 20.4 Å². The van der Waals surface area contributed by atoms with Crippen molar-refractivity contribution in [2.24, 2.45) is 4.99 Å². The molecule has 152 valence electrons. The van der Waals surface area contributed by atoms with Crippen molar-refractivity contribution in [3.8, 4) is 11.5 Å². The standard InChI is InChI=1S/C20H15N3O5S2/c1-2-26-18(24)8-23-13-6-14-15(28-10-27-14)7-17(13)30-20(23)22-19(25)11-3-4-12-16(5-11)29-9-21-12/h3-7,9H,2,8,10H2,1H3. The Morgan fingerprint density at radius 3 is 2.87 bits per heavy atom. The lowest BCUT2D eigenvalue weighted by atomic mass is 10.2. The number of hydrogen-bond acceptors (Lipinski definition) is 8. The fourth-order valence-electron chi connectivity index (χ4n) is 3.17. The van der Waals surface area contributed by atoms with E-state index < -0.39 is 11.9 Å². The van der Waals surface area contributed by atoms with Gasteiger partial charge in [0.2, 0.25) is 6.79 Å². The minimum atomic E-state index is -0.408. The Labute approximate surface area is 178 Å². The Morgan fingerprint density at radius 1 is 1.20 bits per heavy atom. The van der Waals surface area contributed by atoms with E-state index in [-0.39, 0.29) is 19.9 Å². The molecule has 0 bridgehead atoms. The highest BCUT2D eigenvalue weighted by Gasteiger charge is 2.19. The molecule has 10 heteroatoms. The molecule has 0 aliphatic carbocycles. The molecule has 0 saturated carbocycles. The molecule has 0 radical (unpaired) electrons. The number of aromatic nitrogens is 2. The van der Waals surface area contributed by atoms with E-state index in [9.17, 15) is 9.59 Å². The van der Waals surface area contributed by atoms with Gasteiger partial charge in [-0.25, -0.2) is 4.98 Å². The van der Waals surface area contributed by atoms with Crippen LogP contribution in [0.1, 0.15) is 17.3 Å². The first kappa shape index (κ1) is 18.8. The van der Waals surface area contributed by atoms with Crippen LogP contribution in [0, 0.1) is 0 Å². The maximum atomic E-state index is 12.9. The van der Waals surface area contributed by atoms with Gasteiger partial charge in [0.25, 0.3) is 5.91 Å². The molecule has 0 spiro atoms. The SMILES string of the molecule is CCOC(=O)Cn1c(=NC(=O)c2ccc3ncsc3c2)sc2cc3c(cc21)OCO3. The van der Waals surface area contributed by atoms with Crippen molar-refractivity contribution < 1.29 is 23.8 Å². The summed E-state index contributed by atoms with van der Waals surface area (Å²) in [5.74, 6) is 0.413. The smallest absolute Gasteiger partial charge is 0.326 e. The van der Waals surface area contributed by atoms with Crippen LogP contribution in [0.25, 0.3) is 20.4 Å². The van der Waals surface area contributed by atoms with Crippen LogP contribution in [0.15, 0.2) is 40.8 Å². The van der Waals surface area contributed by atoms with Crippen molar-refractivity contribution in [1.82, 2.24) is 9.55 Å². The molecule has 8 nitrogen and oxygen atoms in total. The molecule has 0 atom stereocenters. The van der Waals surface area contributed by atoms with Crippen LogP contribution in [-0.2, 0) is 16.1 Å². The topological polar surface area (TPSA) is 92.0 Å². The highest BCUT2D eigenvalue weighted by atomic mass is 32.1. The van der Waals surface area contributed by atoms with Crippen LogP contribution in [0.2, 0.25) is 0 Å². The lowest BCUT2D eigenvalue weighted by Crippen LogP contribution is -2.23. The predicted octanol–water partition coefficient (Wildman–Crippen LogP) is 3.35. The first-order chi connectivity index (χ1) is 14.6. The summed E-state index contributed by atoms with van der Waals surface area (Å²) in [6.07, 6.45) is 0. The van der Waals surface area contributed by atoms with Gasteiger partial charge in [-0.15, -0.1) is 11.3 Å². The van der Waals surface area contributed by atoms with Crippen molar-refractivity contribution in [3.63, 3.8) is 0 Å². The third-order valence-corrected chi connectivity index (χ3v) is 6.38. The van der Waals surface area contributed by atoms with Crippen LogP contribution in [0.3, 0.4) is 0 Å². The lowest BCUT2D eigenvalue weighted by molar-refractivity contribution is -0.143. The second-order valence-electron chi connectivity index (χ2n) is 6.40. The number of nitrogens with zero attached hydrogens (tertiary/aromatic N) is 3. The Kier molecular flexibility index (Phi) is 4.72. The lowest BCUT2D eigenvalue weighted by Gasteiger charge is -2.05. The number of fused-ring (bicyclic) bond motifs is 3. The molecule has 3 heterocycles. The van der Waals surface area contributed by atoms with Gasteiger partial charge >= 0.3 is 5.97 Å². The second kappa shape index (κ2) is 7.54. The van der Waals surface area contributed by atoms with Gasteiger partial charge in [-0.3, -0.25) is 9.59 Å². The Balaban J connectivity index is 1.62. The molecule has 0 unspecified atom stereocenters. The molecule has 1 amide bonds. The number of hydrogen-bond donors (Lipinski definition) is 0. The quantitative estimate of drug-likeness (QED) is 0.451. The van der Waals surface area contributed by atoms with E-state index in [1.807, 2.05) is 6.07 Å². The van der Waals surface area contributed by atoms with E-state index in [1.165, 1.54) is 22.7 Å². The van der Waals surface area contributed by atoms with Gasteiger partial charge in [0.1, 0.15) is 6.54 Å². The number of amides is 1. The van der Waals surface area contributed by atoms with Crippen LogP contribution in [-0.4, -0.2) is 34.8 Å². The van der Waals surface area contributed by atoms with Crippen molar-refractivity contribution >= 4 is 55.0 Å². The van der Waals surface area contributed by atoms with Gasteiger partial charge in [0, 0.05) is 17.7 Å². The third-order valence-electron chi connectivity index (χ3n) is 4.55. The second-order valence-corrected chi connectivity index (χ2v) is 8.30. The minimum absolute atomic E-state index is 0.0620. The fraction of sp³-hybridized carbons (Fsp3) is 0.200. The van der Waals surface area contributed by atoms with Gasteiger partial charge in [-0.2, -0.15) is 4.99 Å². The van der Waals surface area contributed by atoms with Crippen molar-refractivity contribution in [1.29, 1.82) is 0 Å². The molecule has 2 aromatic heterocycles. The minimum Gasteiger partial charge on any atom is -0.465 e. The molecular formula is C20H15N3O5S2. The van der Waals surface area contributed by atoms with E-state index in [4.69, 9.17) is 14.2 Å². The zero-order valence-corrected chi connectivity index (χ0v) is 17.4. The summed E-state index contributed by atoms with van der Waals surface area (Å²) in [4.78, 5) is 34.0. The Morgan fingerprint density at radius 2 is 2.03 bits per heavy atom. The first-order valence-corrected chi connectivity index (χ1v) is 10.8. The van der Waals surface area contributed by atoms with Gasteiger partial charge in [-0.05, 0) is 25.1 Å². The van der Waals surface area contributed by atoms with E-state index in [2.05, 4.69) is 9.98 Å². The normalized spacial score (nSPS) is 13.3. The zero-order chi connectivity index (χ0) is 20.7. The average Bonchev–Trinajstić information content (AvgIpc) is 3.45. The number of thiazole rings is 2. The molecule has 1 aliphatic rings. The van der Waals surface area contributed by atoms with E-state index in [0.29, 0.717) is 21.9 Å². The molecule has 30 heavy (non-hydrogen) atoms. The molecular weight excluding hydrogens is 426 g/mol. The Hall–Kier alpha value is -3.24. The summed E-state index contributed by atoms with van der Waals surface area (Å²) >= 11 is 2.76. The number of carbonyl (C=O) groups excluding carboxylic acids is 2. The van der Waals surface area contributed by atoms with Crippen LogP contribution < -0.4 is 14.3 Å². The maximum Gasteiger partial charge on any atom is 0.326 e. The summed E-state index contributed by atoms with van der Waals surface area (Å²) in [6.45, 7) is 2.11. The van der Waals surface area contributed by atoms with Gasteiger partial charge in [0.05, 0.1) is 32.6 Å². The van der Waals surface area contributed by atoms with Crippen LogP contribution >= 0.6 is 22.7 Å². The largest absolute Gasteiger partial charge is 0.465 e. The number of carbonyl (C=O) groups is 2. The number of benzene rings is 2. The summed E-state index contributed by atoms with van der Waals surface area (Å²) < 4.78 is 19.4. The van der Waals surface area contributed by atoms with Gasteiger partial charge < -0.3 is 18.8 Å². The number of rotatable bonds is 4. The Bertz CT molecular complexity index is 1370. The van der Waals surface area contributed by atoms with Gasteiger partial charge in [-0.1, -0.05) is 11.3 Å². The summed E-state index contributed by atoms with van der Waals surface area (Å²) in [5.41, 5.74) is 3.76. The molecule has 0 N–H and O–H groups in total. The van der Waals surface area contributed by atoms with Crippen LogP contribution in [0.4, 0.5) is 0 Å². The summed E-state index contributed by atoms with van der Waals surface area (Å²) in [5, 5.41) is 0. The third kappa shape index (κ3) is 3.33. The molecule has 2 aromatic carbocycles. The summed E-state index contributed by atoms with van der Waals surface area (Å²) in [7, 11) is 0. The number of ether oxygens (including phenoxy) is 3. The van der Waals surface area contributed by atoms with Gasteiger partial charge in [0.15, 0.2) is 16.3 Å². The zero-order valence-electron chi connectivity index (χ0n) is 15.8. The number of esters is 1. The van der Waals surface area contributed by atoms with Crippen molar-refractivity contribution in [2.45, 2.75) is 13.5 Å². The average molecular weight is 441 g/mol. The van der Waals surface area contributed by atoms with Crippen molar-refractivity contribution in [3.05, 3.63) is 46.2 Å². The van der Waals surface area contributed by atoms with Crippen LogP contribution in [0.5, 0.6) is 11.5 Å². The predicted molar refractivity (Wildman–Crippen MR) is 112 cm³/mol. The highest BCUT2D eigenvalue weighted by molar-refractivity contribution is 7.17. The van der Waals surface area contributed by atoms with E-state index in [1.54, 1.807) is 41.3 Å².